The van der Waals surface area contributed by atoms with E-state index in [4.69, 9.17) is 14.2 Å². The first kappa shape index (κ1) is 38.8. The van der Waals surface area contributed by atoms with Gasteiger partial charge in [0.05, 0.1) is 42.0 Å². The van der Waals surface area contributed by atoms with Crippen molar-refractivity contribution in [1.82, 2.24) is 9.80 Å². The predicted octanol–water partition coefficient (Wildman–Crippen LogP) is 2.50. The topological polar surface area (TPSA) is 156 Å². The van der Waals surface area contributed by atoms with Gasteiger partial charge in [0, 0.05) is 44.4 Å². The Bertz CT molecular complexity index is 1050. The molecule has 0 aliphatic carbocycles. The van der Waals surface area contributed by atoms with Crippen LogP contribution in [-0.4, -0.2) is 128 Å². The van der Waals surface area contributed by atoms with E-state index in [1.165, 1.54) is 0 Å². The molecule has 11 unspecified atom stereocenters. The summed E-state index contributed by atoms with van der Waals surface area (Å²) in [5, 5.41) is 54.1. The number of aliphatic hydroxyl groups is 5. The Morgan fingerprint density at radius 1 is 1.22 bits per heavy atom. The quantitative estimate of drug-likeness (QED) is 0.0694. The lowest BCUT2D eigenvalue weighted by atomic mass is 9.88. The van der Waals surface area contributed by atoms with Crippen LogP contribution in [0.25, 0.3) is 0 Å². The van der Waals surface area contributed by atoms with Gasteiger partial charge >= 0.3 is 5.97 Å². The largest absolute Gasteiger partial charge is 0.457 e. The van der Waals surface area contributed by atoms with Crippen molar-refractivity contribution in [2.75, 3.05) is 32.7 Å². The van der Waals surface area contributed by atoms with Crippen LogP contribution in [0.4, 0.5) is 0 Å². The lowest BCUT2D eigenvalue weighted by Crippen LogP contribution is -2.53. The van der Waals surface area contributed by atoms with Crippen LogP contribution in [0.5, 0.6) is 0 Å². The van der Waals surface area contributed by atoms with E-state index < -0.39 is 48.0 Å². The molecule has 2 fully saturated rings. The molecule has 3 aliphatic heterocycles. The number of aliphatic hydroxyl groups excluding tert-OH is 3. The maximum atomic E-state index is 12.8. The molecule has 46 heavy (non-hydrogen) atoms. The number of ether oxygens (including phenoxy) is 3. The van der Waals surface area contributed by atoms with Gasteiger partial charge in [0.2, 0.25) is 6.41 Å². The zero-order valence-electron chi connectivity index (χ0n) is 28.9. The standard InChI is InChI=1S/C35H60N2O9/c1-8-27(39)25(5)32-28(44-32)22-34(6,42)15-10-11-23(3)31-24(4)12-13-29(35(7,43)16-14-26(38)21-30(40)46-31)45-33(41)37-19-17-36(9-2)18-20-37/h10-13,15,24-29,31-33,38-39,41-43H,8-9,14,16-22H2,1-7H3/b13-12+,15-10+,23-11+. The minimum Gasteiger partial charge on any atom is -0.457 e. The van der Waals surface area contributed by atoms with Gasteiger partial charge in [0.15, 0.2) is 0 Å². The van der Waals surface area contributed by atoms with Crippen molar-refractivity contribution < 1.29 is 44.5 Å². The molecule has 2 saturated heterocycles. The first-order valence-corrected chi connectivity index (χ1v) is 17.1. The summed E-state index contributed by atoms with van der Waals surface area (Å²) in [6.45, 7) is 16.9. The number of carbonyl (C=O) groups is 1. The van der Waals surface area contributed by atoms with Crippen molar-refractivity contribution >= 4 is 5.97 Å². The maximum absolute atomic E-state index is 12.8. The van der Waals surface area contributed by atoms with E-state index in [2.05, 4.69) is 11.8 Å². The van der Waals surface area contributed by atoms with Crippen molar-refractivity contribution in [2.24, 2.45) is 11.8 Å². The molecule has 11 heteroatoms. The molecule has 11 nitrogen and oxygen atoms in total. The highest BCUT2D eigenvalue weighted by molar-refractivity contribution is 5.70. The number of esters is 1. The average Bonchev–Trinajstić information content (AvgIpc) is 3.77. The molecule has 3 aliphatic rings. The third kappa shape index (κ3) is 11.5. The van der Waals surface area contributed by atoms with Gasteiger partial charge in [0.25, 0.3) is 0 Å². The average molecular weight is 653 g/mol. The Kier molecular flexibility index (Phi) is 14.4. The molecule has 0 aromatic rings. The Hall–Kier alpha value is -1.67. The number of hydrogen-bond donors (Lipinski definition) is 5. The van der Waals surface area contributed by atoms with Crippen LogP contribution < -0.4 is 0 Å². The molecule has 11 atom stereocenters. The zero-order chi connectivity index (χ0) is 34.2. The van der Waals surface area contributed by atoms with E-state index in [0.29, 0.717) is 25.9 Å². The van der Waals surface area contributed by atoms with Gasteiger partial charge in [-0.3, -0.25) is 9.69 Å². The third-order valence-corrected chi connectivity index (χ3v) is 9.80. The van der Waals surface area contributed by atoms with Gasteiger partial charge in [-0.2, -0.15) is 0 Å². The van der Waals surface area contributed by atoms with E-state index in [9.17, 15) is 30.3 Å². The van der Waals surface area contributed by atoms with Crippen LogP contribution >= 0.6 is 0 Å². The molecule has 0 aromatic heterocycles. The number of hydrogen-bond acceptors (Lipinski definition) is 11. The van der Waals surface area contributed by atoms with Crippen LogP contribution in [0.1, 0.15) is 80.6 Å². The number of allylic oxidation sites excluding steroid dienone is 2. The van der Waals surface area contributed by atoms with Gasteiger partial charge < -0.3 is 44.6 Å². The highest BCUT2D eigenvalue weighted by atomic mass is 16.6. The second kappa shape index (κ2) is 17.1. The second-order valence-corrected chi connectivity index (χ2v) is 14.1. The SMILES string of the molecule is CCC(O)C(C)C1OC1CC(C)(O)/C=C/C=C(\C)C1OC(=O)CC(O)CCC(C)(O)C(OC(O)N2CCN(CC)CC2)/C=C/C1C. The van der Waals surface area contributed by atoms with Gasteiger partial charge in [-0.25, -0.2) is 0 Å². The van der Waals surface area contributed by atoms with Crippen LogP contribution in [0.15, 0.2) is 36.0 Å². The third-order valence-electron chi connectivity index (χ3n) is 9.80. The molecule has 264 valence electrons. The summed E-state index contributed by atoms with van der Waals surface area (Å²) in [6.07, 6.45) is 5.42. The van der Waals surface area contributed by atoms with Crippen LogP contribution in [0.2, 0.25) is 0 Å². The van der Waals surface area contributed by atoms with Gasteiger partial charge in [-0.1, -0.05) is 58.1 Å². The number of cyclic esters (lactones) is 1. The fourth-order valence-corrected chi connectivity index (χ4v) is 6.35. The van der Waals surface area contributed by atoms with Gasteiger partial charge in [-0.05, 0) is 52.2 Å². The second-order valence-electron chi connectivity index (χ2n) is 14.1. The molecule has 0 spiro atoms. The monoisotopic (exact) mass is 652 g/mol. The first-order valence-electron chi connectivity index (χ1n) is 17.1. The summed E-state index contributed by atoms with van der Waals surface area (Å²) < 4.78 is 17.7. The number of rotatable bonds is 12. The van der Waals surface area contributed by atoms with E-state index in [1.54, 1.807) is 38.2 Å². The molecule has 0 radical (unpaired) electrons. The van der Waals surface area contributed by atoms with Crippen molar-refractivity contribution in [3.05, 3.63) is 36.0 Å². The maximum Gasteiger partial charge on any atom is 0.309 e. The fraction of sp³-hybridized carbons (Fsp3) is 0.800. The molecule has 3 rings (SSSR count). The normalized spacial score (nSPS) is 36.6. The minimum absolute atomic E-state index is 0.00533. The minimum atomic E-state index is -1.42. The lowest BCUT2D eigenvalue weighted by Gasteiger charge is -2.39. The molecule has 0 aromatic carbocycles. The molecule has 3 heterocycles. The van der Waals surface area contributed by atoms with E-state index in [0.717, 1.165) is 25.2 Å². The summed E-state index contributed by atoms with van der Waals surface area (Å²) >= 11 is 0. The van der Waals surface area contributed by atoms with Crippen LogP contribution in [0, 0.1) is 11.8 Å². The predicted molar refractivity (Wildman–Crippen MR) is 175 cm³/mol. The molecular formula is C35H60N2O9. The number of epoxide rings is 1. The zero-order valence-corrected chi connectivity index (χ0v) is 28.9. The Morgan fingerprint density at radius 3 is 2.52 bits per heavy atom. The van der Waals surface area contributed by atoms with Crippen molar-refractivity contribution in [3.8, 4) is 0 Å². The van der Waals surface area contributed by atoms with Crippen molar-refractivity contribution in [2.45, 2.75) is 135 Å². The molecule has 0 amide bonds. The summed E-state index contributed by atoms with van der Waals surface area (Å²) in [5.41, 5.74) is -1.84. The molecule has 0 bridgehead atoms. The number of carbonyl (C=O) groups excluding carboxylic acids is 1. The summed E-state index contributed by atoms with van der Waals surface area (Å²) in [6, 6.07) is 0. The number of piperazine rings is 1. The van der Waals surface area contributed by atoms with E-state index in [1.807, 2.05) is 38.7 Å². The summed E-state index contributed by atoms with van der Waals surface area (Å²) in [7, 11) is 0. The van der Waals surface area contributed by atoms with E-state index in [-0.39, 0.29) is 43.3 Å². The Balaban J connectivity index is 1.73. The number of likely N-dealkylation sites (N-methyl/N-ethyl adjacent to an activating group) is 1. The van der Waals surface area contributed by atoms with Gasteiger partial charge in [0.1, 0.15) is 12.2 Å². The van der Waals surface area contributed by atoms with Crippen LogP contribution in [-0.2, 0) is 19.0 Å². The van der Waals surface area contributed by atoms with Crippen LogP contribution in [0.3, 0.4) is 0 Å². The fourth-order valence-electron chi connectivity index (χ4n) is 6.35. The smallest absolute Gasteiger partial charge is 0.309 e. The first-order chi connectivity index (χ1) is 21.6. The summed E-state index contributed by atoms with van der Waals surface area (Å²) in [4.78, 5) is 17.0. The Morgan fingerprint density at radius 2 is 1.89 bits per heavy atom. The van der Waals surface area contributed by atoms with Crippen molar-refractivity contribution in [3.63, 3.8) is 0 Å². The molecular weight excluding hydrogens is 592 g/mol. The highest BCUT2D eigenvalue weighted by Crippen LogP contribution is 2.37. The molecule has 5 N–H and O–H groups in total. The van der Waals surface area contributed by atoms with Crippen molar-refractivity contribution in [1.29, 1.82) is 0 Å². The van der Waals surface area contributed by atoms with E-state index >= 15 is 0 Å². The molecule has 0 saturated carbocycles. The Labute approximate surface area is 275 Å². The lowest BCUT2D eigenvalue weighted by molar-refractivity contribution is -0.243. The number of nitrogens with zero attached hydrogens (tertiary/aromatic N) is 2. The highest BCUT2D eigenvalue weighted by Gasteiger charge is 2.47. The van der Waals surface area contributed by atoms with Gasteiger partial charge in [-0.15, -0.1) is 0 Å². The summed E-state index contributed by atoms with van der Waals surface area (Å²) in [5.74, 6) is -0.893.